The quantitative estimate of drug-likeness (QED) is 0.460. The normalized spacial score (nSPS) is 10.8. The summed E-state index contributed by atoms with van der Waals surface area (Å²) in [7, 11) is 0. The van der Waals surface area contributed by atoms with Gasteiger partial charge in [0.15, 0.2) is 5.69 Å². The molecule has 0 saturated heterocycles. The summed E-state index contributed by atoms with van der Waals surface area (Å²) in [5.41, 5.74) is 1.47. The van der Waals surface area contributed by atoms with E-state index < -0.39 is 11.7 Å². The number of hydrogen-bond acceptors (Lipinski definition) is 6. The standard InChI is InChI=1S/C21H17ClFN5O3/c1-13-18(11-30-17-4-2-3-16(23)9-17)19(27-31-13)20(29)25-21-24-12-28(26-21)10-14-5-7-15(22)8-6-14/h2-9,12H,10-11H2,1H3,(H,25,26,29). The number of hydrogen-bond donors (Lipinski definition) is 1. The van der Waals surface area contributed by atoms with Gasteiger partial charge in [-0.3, -0.25) is 10.1 Å². The van der Waals surface area contributed by atoms with Crippen LogP contribution < -0.4 is 10.1 Å². The van der Waals surface area contributed by atoms with Crippen molar-refractivity contribution < 1.29 is 18.4 Å². The lowest BCUT2D eigenvalue weighted by Crippen LogP contribution is -2.16. The van der Waals surface area contributed by atoms with E-state index in [4.69, 9.17) is 20.9 Å². The minimum Gasteiger partial charge on any atom is -0.489 e. The van der Waals surface area contributed by atoms with Crippen LogP contribution in [0.3, 0.4) is 0 Å². The number of rotatable bonds is 7. The fourth-order valence-electron chi connectivity index (χ4n) is 2.82. The molecule has 0 spiro atoms. The molecule has 0 bridgehead atoms. The van der Waals surface area contributed by atoms with Gasteiger partial charge in [-0.05, 0) is 36.8 Å². The van der Waals surface area contributed by atoms with Crippen molar-refractivity contribution in [3.63, 3.8) is 0 Å². The molecule has 0 saturated carbocycles. The molecular weight excluding hydrogens is 425 g/mol. The summed E-state index contributed by atoms with van der Waals surface area (Å²) in [5.74, 6) is -0.0920. The Labute approximate surface area is 181 Å². The van der Waals surface area contributed by atoms with E-state index in [2.05, 4.69) is 20.6 Å². The lowest BCUT2D eigenvalue weighted by Gasteiger charge is -2.06. The summed E-state index contributed by atoms with van der Waals surface area (Å²) in [4.78, 5) is 16.8. The highest BCUT2D eigenvalue weighted by Crippen LogP contribution is 2.19. The van der Waals surface area contributed by atoms with Crippen molar-refractivity contribution >= 4 is 23.5 Å². The van der Waals surface area contributed by atoms with Gasteiger partial charge in [0.05, 0.1) is 12.1 Å². The SMILES string of the molecule is Cc1onc(C(=O)Nc2ncn(Cc3ccc(Cl)cc3)n2)c1COc1cccc(F)c1. The zero-order valence-electron chi connectivity index (χ0n) is 16.4. The lowest BCUT2D eigenvalue weighted by molar-refractivity contribution is 0.101. The third-order valence-corrected chi connectivity index (χ3v) is 4.65. The zero-order valence-corrected chi connectivity index (χ0v) is 17.1. The van der Waals surface area contributed by atoms with Gasteiger partial charge in [0.25, 0.3) is 5.91 Å². The van der Waals surface area contributed by atoms with Gasteiger partial charge in [-0.25, -0.2) is 14.1 Å². The first kappa shape index (κ1) is 20.5. The predicted octanol–water partition coefficient (Wildman–Crippen LogP) is 4.25. The number of nitrogens with one attached hydrogen (secondary N) is 1. The molecule has 1 amide bonds. The Balaban J connectivity index is 1.42. The third kappa shape index (κ3) is 5.07. The third-order valence-electron chi connectivity index (χ3n) is 4.40. The minimum atomic E-state index is -0.543. The molecule has 4 aromatic rings. The largest absolute Gasteiger partial charge is 0.489 e. The van der Waals surface area contributed by atoms with Crippen LogP contribution in [0.1, 0.15) is 27.4 Å². The van der Waals surface area contributed by atoms with E-state index in [1.807, 2.05) is 12.1 Å². The highest BCUT2D eigenvalue weighted by atomic mass is 35.5. The topological polar surface area (TPSA) is 95.1 Å². The van der Waals surface area contributed by atoms with Crippen LogP contribution >= 0.6 is 11.6 Å². The Morgan fingerprint density at radius 3 is 2.84 bits per heavy atom. The molecular formula is C21H17ClFN5O3. The number of ether oxygens (including phenoxy) is 1. The van der Waals surface area contributed by atoms with Gasteiger partial charge < -0.3 is 9.26 Å². The first-order valence-electron chi connectivity index (χ1n) is 9.26. The molecule has 2 aromatic heterocycles. The van der Waals surface area contributed by atoms with Crippen molar-refractivity contribution in [3.05, 3.63) is 88.3 Å². The first-order valence-corrected chi connectivity index (χ1v) is 9.64. The molecule has 1 N–H and O–H groups in total. The first-order chi connectivity index (χ1) is 15.0. The molecule has 0 atom stereocenters. The van der Waals surface area contributed by atoms with E-state index in [9.17, 15) is 9.18 Å². The van der Waals surface area contributed by atoms with E-state index in [0.29, 0.717) is 28.6 Å². The molecule has 0 radical (unpaired) electrons. The molecule has 2 heterocycles. The Hall–Kier alpha value is -3.72. The van der Waals surface area contributed by atoms with Crippen LogP contribution in [0.5, 0.6) is 5.75 Å². The van der Waals surface area contributed by atoms with Crippen molar-refractivity contribution in [2.75, 3.05) is 5.32 Å². The highest BCUT2D eigenvalue weighted by Gasteiger charge is 2.21. The van der Waals surface area contributed by atoms with Crippen molar-refractivity contribution in [2.24, 2.45) is 0 Å². The maximum Gasteiger partial charge on any atom is 0.280 e. The van der Waals surface area contributed by atoms with Gasteiger partial charge in [-0.15, -0.1) is 5.10 Å². The molecule has 0 fully saturated rings. The molecule has 0 unspecified atom stereocenters. The summed E-state index contributed by atoms with van der Waals surface area (Å²) >= 11 is 5.89. The fraction of sp³-hybridized carbons (Fsp3) is 0.143. The Kier molecular flexibility index (Phi) is 5.94. The van der Waals surface area contributed by atoms with Crippen LogP contribution in [0.4, 0.5) is 10.3 Å². The number of benzene rings is 2. The number of aryl methyl sites for hydroxylation is 1. The van der Waals surface area contributed by atoms with E-state index >= 15 is 0 Å². The van der Waals surface area contributed by atoms with Crippen molar-refractivity contribution in [1.82, 2.24) is 19.9 Å². The van der Waals surface area contributed by atoms with E-state index in [0.717, 1.165) is 5.56 Å². The molecule has 10 heteroatoms. The molecule has 158 valence electrons. The summed E-state index contributed by atoms with van der Waals surface area (Å²) in [6, 6.07) is 13.0. The number of carbonyl (C=O) groups excluding carboxylic acids is 1. The van der Waals surface area contributed by atoms with Crippen LogP contribution in [0.2, 0.25) is 5.02 Å². The zero-order chi connectivity index (χ0) is 21.8. The maximum absolute atomic E-state index is 13.3. The van der Waals surface area contributed by atoms with Crippen LogP contribution in [0.15, 0.2) is 59.4 Å². The van der Waals surface area contributed by atoms with Crippen LogP contribution in [-0.2, 0) is 13.2 Å². The second-order valence-corrected chi connectivity index (χ2v) is 7.09. The Morgan fingerprint density at radius 1 is 1.26 bits per heavy atom. The van der Waals surface area contributed by atoms with E-state index in [1.165, 1.54) is 24.5 Å². The monoisotopic (exact) mass is 441 g/mol. The van der Waals surface area contributed by atoms with Gasteiger partial charge in [-0.2, -0.15) is 0 Å². The number of carbonyl (C=O) groups is 1. The van der Waals surface area contributed by atoms with Crippen LogP contribution in [0, 0.1) is 12.7 Å². The van der Waals surface area contributed by atoms with Gasteiger partial charge in [0.2, 0.25) is 5.95 Å². The Bertz CT molecular complexity index is 1210. The minimum absolute atomic E-state index is 0.0139. The molecule has 31 heavy (non-hydrogen) atoms. The van der Waals surface area contributed by atoms with Crippen molar-refractivity contribution in [2.45, 2.75) is 20.1 Å². The van der Waals surface area contributed by atoms with Crippen molar-refractivity contribution in [3.8, 4) is 5.75 Å². The summed E-state index contributed by atoms with van der Waals surface area (Å²) in [5, 5.41) is 11.3. The Morgan fingerprint density at radius 2 is 2.06 bits per heavy atom. The van der Waals surface area contributed by atoms with Crippen LogP contribution in [0.25, 0.3) is 0 Å². The second kappa shape index (κ2) is 8.97. The fourth-order valence-corrected chi connectivity index (χ4v) is 2.94. The number of aromatic nitrogens is 4. The highest BCUT2D eigenvalue weighted by molar-refractivity contribution is 6.30. The van der Waals surface area contributed by atoms with Crippen LogP contribution in [-0.4, -0.2) is 25.8 Å². The molecule has 8 nitrogen and oxygen atoms in total. The molecule has 4 rings (SSSR count). The van der Waals surface area contributed by atoms with E-state index in [-0.39, 0.29) is 18.2 Å². The predicted molar refractivity (Wildman–Crippen MR) is 111 cm³/mol. The smallest absolute Gasteiger partial charge is 0.280 e. The average molecular weight is 442 g/mol. The van der Waals surface area contributed by atoms with E-state index in [1.54, 1.807) is 29.8 Å². The maximum atomic E-state index is 13.3. The van der Waals surface area contributed by atoms with Gasteiger partial charge in [0, 0.05) is 11.1 Å². The summed E-state index contributed by atoms with van der Waals surface area (Å²) in [6.45, 7) is 2.11. The lowest BCUT2D eigenvalue weighted by atomic mass is 10.2. The van der Waals surface area contributed by atoms with Crippen molar-refractivity contribution in [1.29, 1.82) is 0 Å². The second-order valence-electron chi connectivity index (χ2n) is 6.66. The number of amides is 1. The molecule has 0 aliphatic rings. The number of halogens is 2. The van der Waals surface area contributed by atoms with Gasteiger partial charge >= 0.3 is 0 Å². The average Bonchev–Trinajstić information content (AvgIpc) is 3.34. The molecule has 0 aliphatic carbocycles. The number of nitrogens with zero attached hydrogens (tertiary/aromatic N) is 4. The molecule has 2 aromatic carbocycles. The number of anilines is 1. The van der Waals surface area contributed by atoms with Gasteiger partial charge in [-0.1, -0.05) is 35.0 Å². The summed E-state index contributed by atoms with van der Waals surface area (Å²) < 4.78 is 25.6. The van der Waals surface area contributed by atoms with Gasteiger partial charge in [0.1, 0.15) is 30.3 Å². The summed E-state index contributed by atoms with van der Waals surface area (Å²) in [6.07, 6.45) is 1.51. The molecule has 0 aliphatic heterocycles.